The summed E-state index contributed by atoms with van der Waals surface area (Å²) in [6.07, 6.45) is 1.71. The van der Waals surface area contributed by atoms with Gasteiger partial charge in [0.05, 0.1) is 11.4 Å². The average Bonchev–Trinajstić information content (AvgIpc) is 2.54. The van der Waals surface area contributed by atoms with Gasteiger partial charge in [0.25, 0.3) is 0 Å². The molecule has 0 aliphatic heterocycles. The molecule has 2 heterocycles. The molecule has 0 radical (unpaired) electrons. The zero-order valence-corrected chi connectivity index (χ0v) is 11.8. The van der Waals surface area contributed by atoms with E-state index < -0.39 is 0 Å². The van der Waals surface area contributed by atoms with E-state index in [1.807, 2.05) is 31.6 Å². The highest BCUT2D eigenvalue weighted by Gasteiger charge is 2.10. The molecule has 0 aliphatic carbocycles. The number of halogens is 1. The van der Waals surface area contributed by atoms with Gasteiger partial charge >= 0.3 is 0 Å². The summed E-state index contributed by atoms with van der Waals surface area (Å²) in [5.74, 6) is 0. The maximum Gasteiger partial charge on any atom is 0.152 e. The van der Waals surface area contributed by atoms with Crippen molar-refractivity contribution in [3.8, 4) is 0 Å². The van der Waals surface area contributed by atoms with Crippen LogP contribution in [0.4, 0.5) is 5.69 Å². The Kier molecular flexibility index (Phi) is 3.57. The van der Waals surface area contributed by atoms with Crippen molar-refractivity contribution in [2.24, 2.45) is 7.05 Å². The third kappa shape index (κ3) is 2.34. The zero-order valence-electron chi connectivity index (χ0n) is 11.1. The summed E-state index contributed by atoms with van der Waals surface area (Å²) in [4.78, 5) is 4.08. The van der Waals surface area contributed by atoms with Crippen LogP contribution in [0.15, 0.2) is 12.3 Å². The van der Waals surface area contributed by atoms with Gasteiger partial charge in [-0.25, -0.2) is 4.98 Å². The molecule has 0 saturated heterocycles. The van der Waals surface area contributed by atoms with Gasteiger partial charge in [-0.05, 0) is 32.4 Å². The summed E-state index contributed by atoms with van der Waals surface area (Å²) in [6.45, 7) is 6.80. The molecule has 0 unspecified atom stereocenters. The quantitative estimate of drug-likeness (QED) is 0.867. The second kappa shape index (κ2) is 4.98. The maximum atomic E-state index is 6.09. The third-order valence-electron chi connectivity index (χ3n) is 3.21. The minimum absolute atomic E-state index is 0.509. The first-order valence-electron chi connectivity index (χ1n) is 5.84. The summed E-state index contributed by atoms with van der Waals surface area (Å²) in [5, 5.41) is 8.25. The van der Waals surface area contributed by atoms with Gasteiger partial charge in [-0.1, -0.05) is 11.6 Å². The highest BCUT2D eigenvalue weighted by Crippen LogP contribution is 2.24. The first-order chi connectivity index (χ1) is 8.50. The molecule has 18 heavy (non-hydrogen) atoms. The summed E-state index contributed by atoms with van der Waals surface area (Å²) < 4.78 is 1.89. The van der Waals surface area contributed by atoms with Crippen LogP contribution in [0.1, 0.15) is 22.5 Å². The zero-order chi connectivity index (χ0) is 13.3. The molecule has 0 aliphatic rings. The number of hydrogen-bond donors (Lipinski definition) is 1. The molecule has 0 atom stereocenters. The van der Waals surface area contributed by atoms with Crippen molar-refractivity contribution in [3.63, 3.8) is 0 Å². The molecule has 5 heteroatoms. The molecule has 0 amide bonds. The lowest BCUT2D eigenvalue weighted by atomic mass is 10.2. The summed E-state index contributed by atoms with van der Waals surface area (Å²) in [6, 6.07) is 1.94. The number of hydrogen-bond acceptors (Lipinski definition) is 3. The first-order valence-corrected chi connectivity index (χ1v) is 6.22. The van der Waals surface area contributed by atoms with E-state index in [0.29, 0.717) is 11.7 Å². The van der Waals surface area contributed by atoms with E-state index in [1.54, 1.807) is 6.20 Å². The van der Waals surface area contributed by atoms with Crippen molar-refractivity contribution in [1.82, 2.24) is 14.8 Å². The van der Waals surface area contributed by atoms with E-state index >= 15 is 0 Å². The Balaban J connectivity index is 2.22. The average molecular weight is 265 g/mol. The Bertz CT molecular complexity index is 554. The minimum Gasteiger partial charge on any atom is -0.378 e. The van der Waals surface area contributed by atoms with Crippen LogP contribution in [0.5, 0.6) is 0 Å². The van der Waals surface area contributed by atoms with Gasteiger partial charge < -0.3 is 5.32 Å². The molecule has 1 N–H and O–H groups in total. The van der Waals surface area contributed by atoms with Crippen LogP contribution in [0.25, 0.3) is 0 Å². The molecule has 4 nitrogen and oxygen atoms in total. The Labute approximate surface area is 112 Å². The highest BCUT2D eigenvalue weighted by molar-refractivity contribution is 6.32. The Morgan fingerprint density at radius 2 is 2.06 bits per heavy atom. The standard InChI is InChI=1S/C13H17ClN4/c1-8-5-6-15-13(14)12(8)16-7-11-9(2)17-18(4)10(11)3/h5-6,16H,7H2,1-4H3. The molecule has 2 rings (SSSR count). The number of nitrogens with zero attached hydrogens (tertiary/aromatic N) is 3. The minimum atomic E-state index is 0.509. The van der Waals surface area contributed by atoms with Gasteiger partial charge in [-0.3, -0.25) is 4.68 Å². The first kappa shape index (κ1) is 12.9. The molecular formula is C13H17ClN4. The van der Waals surface area contributed by atoms with Crippen molar-refractivity contribution < 1.29 is 0 Å². The number of pyridine rings is 1. The lowest BCUT2D eigenvalue weighted by Crippen LogP contribution is -2.04. The second-order valence-electron chi connectivity index (χ2n) is 4.42. The van der Waals surface area contributed by atoms with Crippen LogP contribution in [-0.4, -0.2) is 14.8 Å². The predicted octanol–water partition coefficient (Wildman–Crippen LogP) is 3.01. The summed E-state index contributed by atoms with van der Waals surface area (Å²) >= 11 is 6.09. The predicted molar refractivity (Wildman–Crippen MR) is 74.0 cm³/mol. The lowest BCUT2D eigenvalue weighted by molar-refractivity contribution is 0.730. The van der Waals surface area contributed by atoms with Crippen molar-refractivity contribution in [3.05, 3.63) is 39.9 Å². The van der Waals surface area contributed by atoms with Crippen molar-refractivity contribution >= 4 is 17.3 Å². The smallest absolute Gasteiger partial charge is 0.152 e. The van der Waals surface area contributed by atoms with E-state index in [0.717, 1.165) is 22.6 Å². The SMILES string of the molecule is Cc1ccnc(Cl)c1NCc1c(C)nn(C)c1C. The highest BCUT2D eigenvalue weighted by atomic mass is 35.5. The number of nitrogens with one attached hydrogen (secondary N) is 1. The fraction of sp³-hybridized carbons (Fsp3) is 0.385. The van der Waals surface area contributed by atoms with E-state index in [-0.39, 0.29) is 0 Å². The molecule has 0 saturated carbocycles. The van der Waals surface area contributed by atoms with E-state index in [4.69, 9.17) is 11.6 Å². The van der Waals surface area contributed by atoms with Crippen LogP contribution >= 0.6 is 11.6 Å². The van der Waals surface area contributed by atoms with Gasteiger partial charge in [0.2, 0.25) is 0 Å². The van der Waals surface area contributed by atoms with Crippen molar-refractivity contribution in [2.45, 2.75) is 27.3 Å². The van der Waals surface area contributed by atoms with Crippen LogP contribution in [-0.2, 0) is 13.6 Å². The van der Waals surface area contributed by atoms with Crippen molar-refractivity contribution in [1.29, 1.82) is 0 Å². The van der Waals surface area contributed by atoms with E-state index in [9.17, 15) is 0 Å². The Hall–Kier alpha value is -1.55. The monoisotopic (exact) mass is 264 g/mol. The topological polar surface area (TPSA) is 42.7 Å². The number of aromatic nitrogens is 3. The normalized spacial score (nSPS) is 10.7. The maximum absolute atomic E-state index is 6.09. The van der Waals surface area contributed by atoms with E-state index in [2.05, 4.69) is 22.3 Å². The van der Waals surface area contributed by atoms with Gasteiger partial charge in [0.1, 0.15) is 0 Å². The summed E-state index contributed by atoms with van der Waals surface area (Å²) in [5.41, 5.74) is 5.39. The molecule has 2 aromatic heterocycles. The molecule has 0 spiro atoms. The third-order valence-corrected chi connectivity index (χ3v) is 3.50. The van der Waals surface area contributed by atoms with Crippen LogP contribution in [0, 0.1) is 20.8 Å². The molecule has 0 fully saturated rings. The van der Waals surface area contributed by atoms with Crippen LogP contribution < -0.4 is 5.32 Å². The fourth-order valence-electron chi connectivity index (χ4n) is 1.99. The van der Waals surface area contributed by atoms with Crippen LogP contribution in [0.2, 0.25) is 5.15 Å². The molecular weight excluding hydrogens is 248 g/mol. The second-order valence-corrected chi connectivity index (χ2v) is 4.78. The lowest BCUT2D eigenvalue weighted by Gasteiger charge is -2.10. The molecule has 96 valence electrons. The van der Waals surface area contributed by atoms with Gasteiger partial charge in [-0.15, -0.1) is 0 Å². The Morgan fingerprint density at radius 1 is 1.33 bits per heavy atom. The van der Waals surface area contributed by atoms with Gasteiger partial charge in [-0.2, -0.15) is 5.10 Å². The molecule has 2 aromatic rings. The fourth-order valence-corrected chi connectivity index (χ4v) is 2.26. The number of rotatable bonds is 3. The van der Waals surface area contributed by atoms with Gasteiger partial charge in [0, 0.05) is 31.0 Å². The van der Waals surface area contributed by atoms with Gasteiger partial charge in [0.15, 0.2) is 5.15 Å². The number of aryl methyl sites for hydroxylation is 3. The largest absolute Gasteiger partial charge is 0.378 e. The van der Waals surface area contributed by atoms with Crippen LogP contribution in [0.3, 0.4) is 0 Å². The molecule has 0 bridgehead atoms. The molecule has 0 aromatic carbocycles. The number of anilines is 1. The van der Waals surface area contributed by atoms with Crippen molar-refractivity contribution in [2.75, 3.05) is 5.32 Å². The Morgan fingerprint density at radius 3 is 2.61 bits per heavy atom. The van der Waals surface area contributed by atoms with E-state index in [1.165, 1.54) is 5.56 Å². The summed E-state index contributed by atoms with van der Waals surface area (Å²) in [7, 11) is 1.95.